The van der Waals surface area contributed by atoms with Gasteiger partial charge in [0.15, 0.2) is 0 Å². The summed E-state index contributed by atoms with van der Waals surface area (Å²) < 4.78 is 25.5. The second-order valence-corrected chi connectivity index (χ2v) is 6.48. The summed E-state index contributed by atoms with van der Waals surface area (Å²) >= 11 is 5.70. The zero-order valence-electron chi connectivity index (χ0n) is 9.32. The van der Waals surface area contributed by atoms with Gasteiger partial charge >= 0.3 is 0 Å². The van der Waals surface area contributed by atoms with E-state index in [2.05, 4.69) is 0 Å². The maximum absolute atomic E-state index is 12.2. The molecule has 6 nitrogen and oxygen atoms in total. The molecule has 18 heavy (non-hydrogen) atoms. The van der Waals surface area contributed by atoms with Crippen molar-refractivity contribution in [3.63, 3.8) is 0 Å². The van der Waals surface area contributed by atoms with E-state index < -0.39 is 22.2 Å². The molecule has 100 valence electrons. The van der Waals surface area contributed by atoms with E-state index in [1.54, 1.807) is 0 Å². The molecule has 4 N–H and O–H groups in total. The number of aliphatic hydroxyl groups excluding tert-OH is 2. The fourth-order valence-electron chi connectivity index (χ4n) is 1.82. The molecule has 2 unspecified atom stereocenters. The number of hydrogen-bond acceptors (Lipinski definition) is 5. The lowest BCUT2D eigenvalue weighted by Gasteiger charge is -2.16. The number of sulfonamides is 1. The molecule has 0 spiro atoms. The van der Waals surface area contributed by atoms with Crippen LogP contribution in [0.3, 0.4) is 0 Å². The molecule has 2 atom stereocenters. The van der Waals surface area contributed by atoms with E-state index in [1.807, 2.05) is 0 Å². The molecule has 0 aliphatic carbocycles. The number of halogens is 1. The van der Waals surface area contributed by atoms with Crippen molar-refractivity contribution in [1.82, 2.24) is 4.31 Å². The fraction of sp³-hybridized carbons (Fsp3) is 0.400. The van der Waals surface area contributed by atoms with Gasteiger partial charge in [-0.1, -0.05) is 11.6 Å². The molecule has 8 heteroatoms. The molecule has 1 aromatic carbocycles. The van der Waals surface area contributed by atoms with Crippen LogP contribution in [-0.2, 0) is 10.0 Å². The molecule has 1 fully saturated rings. The Morgan fingerprint density at radius 3 is 2.33 bits per heavy atom. The maximum atomic E-state index is 12.2. The highest BCUT2D eigenvalue weighted by Crippen LogP contribution is 2.27. The molecule has 0 radical (unpaired) electrons. The Morgan fingerprint density at radius 2 is 1.83 bits per heavy atom. The molecule has 1 heterocycles. The van der Waals surface area contributed by atoms with Gasteiger partial charge in [0.25, 0.3) is 0 Å². The van der Waals surface area contributed by atoms with Crippen LogP contribution < -0.4 is 5.73 Å². The van der Waals surface area contributed by atoms with E-state index >= 15 is 0 Å². The summed E-state index contributed by atoms with van der Waals surface area (Å²) in [4.78, 5) is -0.0757. The summed E-state index contributed by atoms with van der Waals surface area (Å²) in [5.41, 5.74) is 5.67. The number of rotatable bonds is 2. The molecule has 0 bridgehead atoms. The predicted molar refractivity (Wildman–Crippen MR) is 66.6 cm³/mol. The third-order valence-electron chi connectivity index (χ3n) is 2.82. The van der Waals surface area contributed by atoms with Gasteiger partial charge in [-0.2, -0.15) is 4.31 Å². The molecular formula is C10H13ClN2O4S. The molecule has 2 rings (SSSR count). The van der Waals surface area contributed by atoms with Gasteiger partial charge in [0.2, 0.25) is 10.0 Å². The Kier molecular flexibility index (Phi) is 3.52. The van der Waals surface area contributed by atoms with Crippen LogP contribution in [0.15, 0.2) is 23.1 Å². The van der Waals surface area contributed by atoms with Crippen LogP contribution >= 0.6 is 11.6 Å². The summed E-state index contributed by atoms with van der Waals surface area (Å²) in [6, 6.07) is 4.08. The van der Waals surface area contributed by atoms with Gasteiger partial charge in [-0.3, -0.25) is 0 Å². The van der Waals surface area contributed by atoms with E-state index in [4.69, 9.17) is 17.3 Å². The first-order valence-corrected chi connectivity index (χ1v) is 7.05. The summed E-state index contributed by atoms with van der Waals surface area (Å²) in [5, 5.41) is 19.1. The number of benzene rings is 1. The van der Waals surface area contributed by atoms with Crippen molar-refractivity contribution in [1.29, 1.82) is 0 Å². The highest BCUT2D eigenvalue weighted by atomic mass is 35.5. The van der Waals surface area contributed by atoms with Crippen LogP contribution in [0.1, 0.15) is 0 Å². The highest BCUT2D eigenvalue weighted by Gasteiger charge is 2.38. The lowest BCUT2D eigenvalue weighted by Crippen LogP contribution is -2.30. The van der Waals surface area contributed by atoms with Gasteiger partial charge in [-0.25, -0.2) is 8.42 Å². The van der Waals surface area contributed by atoms with Gasteiger partial charge in [-0.15, -0.1) is 0 Å². The van der Waals surface area contributed by atoms with Crippen LogP contribution in [0.2, 0.25) is 5.02 Å². The zero-order chi connectivity index (χ0) is 13.5. The maximum Gasteiger partial charge on any atom is 0.245 e. The summed E-state index contributed by atoms with van der Waals surface area (Å²) in [6.45, 7) is -0.295. The minimum absolute atomic E-state index is 0.0402. The van der Waals surface area contributed by atoms with Crippen molar-refractivity contribution in [2.45, 2.75) is 17.1 Å². The topological polar surface area (TPSA) is 104 Å². The molecular weight excluding hydrogens is 280 g/mol. The number of nitrogen functional groups attached to an aromatic ring is 1. The smallest absolute Gasteiger partial charge is 0.245 e. The predicted octanol–water partition coefficient (Wildman–Crippen LogP) is -0.352. The van der Waals surface area contributed by atoms with Crippen molar-refractivity contribution in [2.24, 2.45) is 0 Å². The van der Waals surface area contributed by atoms with Gasteiger partial charge in [-0.05, 0) is 18.2 Å². The first-order chi connectivity index (χ1) is 8.32. The van der Waals surface area contributed by atoms with Crippen molar-refractivity contribution in [2.75, 3.05) is 18.8 Å². The highest BCUT2D eigenvalue weighted by molar-refractivity contribution is 7.89. The van der Waals surface area contributed by atoms with Crippen molar-refractivity contribution < 1.29 is 18.6 Å². The number of anilines is 1. The van der Waals surface area contributed by atoms with Crippen LogP contribution in [-0.4, -0.2) is 48.2 Å². The fourth-order valence-corrected chi connectivity index (χ4v) is 3.58. The Bertz CT molecular complexity index is 553. The number of nitrogens with zero attached hydrogens (tertiary/aromatic N) is 1. The van der Waals surface area contributed by atoms with Crippen molar-refractivity contribution in [3.05, 3.63) is 23.2 Å². The number of nitrogens with two attached hydrogens (primary N) is 1. The molecule has 0 amide bonds. The number of hydrogen-bond donors (Lipinski definition) is 3. The Hall–Kier alpha value is -0.860. The normalized spacial score (nSPS) is 25.5. The Morgan fingerprint density at radius 1 is 1.28 bits per heavy atom. The van der Waals surface area contributed by atoms with Crippen LogP contribution in [0.4, 0.5) is 5.69 Å². The molecule has 1 aliphatic rings. The first-order valence-electron chi connectivity index (χ1n) is 5.23. The third-order valence-corrected chi connectivity index (χ3v) is 4.96. The van der Waals surface area contributed by atoms with E-state index in [0.29, 0.717) is 5.02 Å². The van der Waals surface area contributed by atoms with Gasteiger partial charge in [0.05, 0.1) is 17.9 Å². The molecule has 1 aliphatic heterocycles. The van der Waals surface area contributed by atoms with Crippen LogP contribution in [0.5, 0.6) is 0 Å². The molecule has 0 saturated carbocycles. The van der Waals surface area contributed by atoms with E-state index in [9.17, 15) is 18.6 Å². The molecule has 0 aromatic heterocycles. The first kappa shape index (κ1) is 13.6. The third kappa shape index (κ3) is 2.32. The largest absolute Gasteiger partial charge is 0.398 e. The Balaban J connectivity index is 2.37. The van der Waals surface area contributed by atoms with Gasteiger partial charge < -0.3 is 15.9 Å². The van der Waals surface area contributed by atoms with E-state index in [-0.39, 0.29) is 23.7 Å². The quantitative estimate of drug-likeness (QED) is 0.646. The summed E-state index contributed by atoms with van der Waals surface area (Å²) in [6.07, 6.45) is -2.15. The zero-order valence-corrected chi connectivity index (χ0v) is 10.9. The van der Waals surface area contributed by atoms with Crippen LogP contribution in [0, 0.1) is 0 Å². The van der Waals surface area contributed by atoms with Crippen molar-refractivity contribution in [3.8, 4) is 0 Å². The lowest BCUT2D eigenvalue weighted by atomic mass is 10.3. The van der Waals surface area contributed by atoms with Gasteiger partial charge in [0, 0.05) is 18.1 Å². The van der Waals surface area contributed by atoms with E-state index in [1.165, 1.54) is 18.2 Å². The monoisotopic (exact) mass is 292 g/mol. The minimum Gasteiger partial charge on any atom is -0.398 e. The minimum atomic E-state index is -3.82. The number of β-amino-alcohol motifs (C(OH)–C–C–N with tert-alkyl or cyclic N) is 2. The van der Waals surface area contributed by atoms with E-state index in [0.717, 1.165) is 4.31 Å². The summed E-state index contributed by atoms with van der Waals surface area (Å²) in [7, 11) is -3.82. The SMILES string of the molecule is Nc1cc(Cl)ccc1S(=O)(=O)N1CC(O)C(O)C1. The van der Waals surface area contributed by atoms with Crippen LogP contribution in [0.25, 0.3) is 0 Å². The molecule has 1 saturated heterocycles. The molecule has 1 aromatic rings. The summed E-state index contributed by atoms with van der Waals surface area (Å²) in [5.74, 6) is 0. The average molecular weight is 293 g/mol. The number of aliphatic hydroxyl groups is 2. The second-order valence-electron chi connectivity index (χ2n) is 4.14. The van der Waals surface area contributed by atoms with Crippen molar-refractivity contribution >= 4 is 27.3 Å². The standard InChI is InChI=1S/C10H13ClN2O4S/c11-6-1-2-10(7(12)3-6)18(16,17)13-4-8(14)9(15)5-13/h1-3,8-9,14-15H,4-5,12H2. The Labute approximate surface area is 110 Å². The second kappa shape index (κ2) is 4.67. The average Bonchev–Trinajstić information content (AvgIpc) is 2.59. The lowest BCUT2D eigenvalue weighted by molar-refractivity contribution is 0.0572. The van der Waals surface area contributed by atoms with Gasteiger partial charge in [0.1, 0.15) is 4.90 Å².